The molecule has 1 aliphatic rings. The zero-order chi connectivity index (χ0) is 14.8. The quantitative estimate of drug-likeness (QED) is 0.681. The van der Waals surface area contributed by atoms with Gasteiger partial charge in [0.25, 0.3) is 0 Å². The first-order valence-corrected chi connectivity index (χ1v) is 7.41. The molecule has 1 aromatic rings. The van der Waals surface area contributed by atoms with Gasteiger partial charge in [0.1, 0.15) is 5.60 Å². The van der Waals surface area contributed by atoms with Crippen LogP contribution in [0.1, 0.15) is 51.2 Å². The Balaban J connectivity index is 2.50. The molecule has 0 heterocycles. The largest absolute Gasteiger partial charge is 0.465 e. The summed E-state index contributed by atoms with van der Waals surface area (Å²) in [6.45, 7) is 5.69. The highest BCUT2D eigenvalue weighted by Gasteiger charge is 2.51. The van der Waals surface area contributed by atoms with Gasteiger partial charge in [-0.25, -0.2) is 0 Å². The van der Waals surface area contributed by atoms with Crippen LogP contribution in [0.2, 0.25) is 0 Å². The van der Waals surface area contributed by atoms with Gasteiger partial charge in [0.2, 0.25) is 0 Å². The molecule has 0 aromatic heterocycles. The third-order valence-electron chi connectivity index (χ3n) is 4.52. The molecule has 0 radical (unpaired) electrons. The third-order valence-corrected chi connectivity index (χ3v) is 4.52. The van der Waals surface area contributed by atoms with E-state index in [9.17, 15) is 9.90 Å². The molecular formula is C17H24O3. The highest BCUT2D eigenvalue weighted by molar-refractivity contribution is 5.78. The average Bonchev–Trinajstić information content (AvgIpc) is 2.60. The number of carbonyl (C=O) groups is 1. The summed E-state index contributed by atoms with van der Waals surface area (Å²) in [6.07, 6.45) is 3.50. The number of aliphatic hydroxyl groups is 1. The number of hydrogen-bond donors (Lipinski definition) is 1. The fraction of sp³-hybridized carbons (Fsp3) is 0.588. The second-order valence-corrected chi connectivity index (χ2v) is 6.07. The Bertz CT molecular complexity index is 493. The molecule has 3 nitrogen and oxygen atoms in total. The first-order chi connectivity index (χ1) is 9.43. The zero-order valence-electron chi connectivity index (χ0n) is 12.6. The van der Waals surface area contributed by atoms with E-state index in [-0.39, 0.29) is 5.97 Å². The van der Waals surface area contributed by atoms with Crippen LogP contribution in [0, 0.1) is 5.41 Å². The van der Waals surface area contributed by atoms with Crippen LogP contribution in [-0.4, -0.2) is 17.7 Å². The average molecular weight is 276 g/mol. The number of esters is 1. The standard InChI is InChI=1S/C17H24O3/c1-4-20-15(18)16(2,3)17(19)12-8-7-10-13-9-5-6-11-14(13)17/h5-6,9,11,19H,4,7-8,10,12H2,1-3H3. The third kappa shape index (κ3) is 2.35. The van der Waals surface area contributed by atoms with Gasteiger partial charge in [-0.05, 0) is 57.6 Å². The molecule has 0 aliphatic heterocycles. The Morgan fingerprint density at radius 2 is 2.05 bits per heavy atom. The molecule has 0 amide bonds. The van der Waals surface area contributed by atoms with Crippen molar-refractivity contribution < 1.29 is 14.6 Å². The summed E-state index contributed by atoms with van der Waals surface area (Å²) in [7, 11) is 0. The van der Waals surface area contributed by atoms with Gasteiger partial charge in [0, 0.05) is 0 Å². The van der Waals surface area contributed by atoms with Crippen molar-refractivity contribution in [3.05, 3.63) is 35.4 Å². The van der Waals surface area contributed by atoms with Crippen LogP contribution in [-0.2, 0) is 21.6 Å². The van der Waals surface area contributed by atoms with E-state index in [0.29, 0.717) is 13.0 Å². The summed E-state index contributed by atoms with van der Waals surface area (Å²) in [5.41, 5.74) is -0.0871. The maximum absolute atomic E-state index is 12.3. The highest BCUT2D eigenvalue weighted by atomic mass is 16.5. The molecule has 0 spiro atoms. The predicted molar refractivity (Wildman–Crippen MR) is 78.3 cm³/mol. The van der Waals surface area contributed by atoms with Gasteiger partial charge in [0.15, 0.2) is 0 Å². The molecule has 3 heteroatoms. The van der Waals surface area contributed by atoms with Crippen molar-refractivity contribution >= 4 is 5.97 Å². The van der Waals surface area contributed by atoms with Crippen LogP contribution in [0.25, 0.3) is 0 Å². The van der Waals surface area contributed by atoms with Crippen molar-refractivity contribution in [1.82, 2.24) is 0 Å². The predicted octanol–water partition coefficient (Wildman–Crippen LogP) is 3.19. The first kappa shape index (κ1) is 15.0. The number of rotatable bonds is 3. The van der Waals surface area contributed by atoms with Crippen molar-refractivity contribution in [2.75, 3.05) is 6.61 Å². The van der Waals surface area contributed by atoms with Gasteiger partial charge in [-0.15, -0.1) is 0 Å². The molecule has 0 saturated heterocycles. The molecule has 1 aromatic carbocycles. The number of aryl methyl sites for hydroxylation is 1. The van der Waals surface area contributed by atoms with Crippen LogP contribution in [0.3, 0.4) is 0 Å². The number of hydrogen-bond acceptors (Lipinski definition) is 3. The van der Waals surface area contributed by atoms with Crippen LogP contribution in [0.15, 0.2) is 24.3 Å². The van der Waals surface area contributed by atoms with Crippen molar-refractivity contribution in [3.63, 3.8) is 0 Å². The summed E-state index contributed by atoms with van der Waals surface area (Å²) in [5.74, 6) is -0.334. The summed E-state index contributed by atoms with van der Waals surface area (Å²) < 4.78 is 5.18. The van der Waals surface area contributed by atoms with E-state index in [2.05, 4.69) is 0 Å². The lowest BCUT2D eigenvalue weighted by Gasteiger charge is -2.41. The second-order valence-electron chi connectivity index (χ2n) is 6.07. The first-order valence-electron chi connectivity index (χ1n) is 7.41. The van der Waals surface area contributed by atoms with E-state index >= 15 is 0 Å². The van der Waals surface area contributed by atoms with E-state index in [1.165, 1.54) is 0 Å². The lowest BCUT2D eigenvalue weighted by Crippen LogP contribution is -2.48. The van der Waals surface area contributed by atoms with E-state index in [1.54, 1.807) is 20.8 Å². The van der Waals surface area contributed by atoms with Crippen molar-refractivity contribution in [2.24, 2.45) is 5.41 Å². The summed E-state index contributed by atoms with van der Waals surface area (Å²) in [4.78, 5) is 12.3. The molecular weight excluding hydrogens is 252 g/mol. The topological polar surface area (TPSA) is 46.5 Å². The maximum atomic E-state index is 12.3. The molecule has 0 bridgehead atoms. The van der Waals surface area contributed by atoms with E-state index in [1.807, 2.05) is 24.3 Å². The van der Waals surface area contributed by atoms with Crippen LogP contribution >= 0.6 is 0 Å². The molecule has 1 atom stereocenters. The Kier molecular flexibility index (Phi) is 4.19. The molecule has 1 N–H and O–H groups in total. The number of ether oxygens (including phenoxy) is 1. The highest BCUT2D eigenvalue weighted by Crippen LogP contribution is 2.47. The Labute approximate surface area is 121 Å². The Morgan fingerprint density at radius 1 is 1.35 bits per heavy atom. The van der Waals surface area contributed by atoms with Crippen molar-refractivity contribution in [1.29, 1.82) is 0 Å². The lowest BCUT2D eigenvalue weighted by atomic mass is 9.68. The SMILES string of the molecule is CCOC(=O)C(C)(C)C1(O)CCCCc2ccccc21. The normalized spacial score (nSPS) is 22.8. The number of carbonyl (C=O) groups excluding carboxylic acids is 1. The van der Waals surface area contributed by atoms with Crippen molar-refractivity contribution in [2.45, 2.75) is 52.1 Å². The Morgan fingerprint density at radius 3 is 2.75 bits per heavy atom. The molecule has 0 saturated carbocycles. The maximum Gasteiger partial charge on any atom is 0.314 e. The smallest absolute Gasteiger partial charge is 0.314 e. The molecule has 110 valence electrons. The van der Waals surface area contributed by atoms with Crippen LogP contribution in [0.4, 0.5) is 0 Å². The zero-order valence-corrected chi connectivity index (χ0v) is 12.6. The fourth-order valence-corrected chi connectivity index (χ4v) is 3.10. The van der Waals surface area contributed by atoms with Gasteiger partial charge in [-0.3, -0.25) is 4.79 Å². The fourth-order valence-electron chi connectivity index (χ4n) is 3.10. The minimum atomic E-state index is -1.16. The summed E-state index contributed by atoms with van der Waals surface area (Å²) in [5, 5.41) is 11.3. The van der Waals surface area contributed by atoms with Crippen LogP contribution in [0.5, 0.6) is 0 Å². The van der Waals surface area contributed by atoms with Gasteiger partial charge in [-0.1, -0.05) is 24.3 Å². The second kappa shape index (κ2) is 5.57. The monoisotopic (exact) mass is 276 g/mol. The Hall–Kier alpha value is -1.35. The lowest BCUT2D eigenvalue weighted by molar-refractivity contribution is -0.174. The van der Waals surface area contributed by atoms with Gasteiger partial charge < -0.3 is 9.84 Å². The van der Waals surface area contributed by atoms with E-state index in [0.717, 1.165) is 30.4 Å². The minimum Gasteiger partial charge on any atom is -0.465 e. The summed E-state index contributed by atoms with van der Waals surface area (Å²) >= 11 is 0. The minimum absolute atomic E-state index is 0.333. The van der Waals surface area contributed by atoms with E-state index < -0.39 is 11.0 Å². The summed E-state index contributed by atoms with van der Waals surface area (Å²) in [6, 6.07) is 7.91. The van der Waals surface area contributed by atoms with Crippen molar-refractivity contribution in [3.8, 4) is 0 Å². The number of fused-ring (bicyclic) bond motifs is 1. The van der Waals surface area contributed by atoms with E-state index in [4.69, 9.17) is 4.74 Å². The van der Waals surface area contributed by atoms with Gasteiger partial charge >= 0.3 is 5.97 Å². The molecule has 2 rings (SSSR count). The number of benzene rings is 1. The van der Waals surface area contributed by atoms with Gasteiger partial charge in [0.05, 0.1) is 12.0 Å². The van der Waals surface area contributed by atoms with Crippen LogP contribution < -0.4 is 0 Å². The molecule has 20 heavy (non-hydrogen) atoms. The molecule has 1 unspecified atom stereocenters. The molecule has 0 fully saturated rings. The molecule has 1 aliphatic carbocycles. The van der Waals surface area contributed by atoms with Gasteiger partial charge in [-0.2, -0.15) is 0 Å².